The molecule has 0 fully saturated rings. The van der Waals surface area contributed by atoms with E-state index >= 15 is 0 Å². The highest BCUT2D eigenvalue weighted by Gasteiger charge is 2.57. The van der Waals surface area contributed by atoms with Crippen molar-refractivity contribution in [1.29, 1.82) is 0 Å². The number of benzene rings is 3. The topological polar surface area (TPSA) is 111 Å². The molecule has 12 nitrogen and oxygen atoms in total. The van der Waals surface area contributed by atoms with Crippen LogP contribution in [0.25, 0.3) is 0 Å². The minimum Gasteiger partial charge on any atom is -0.422 e. The summed E-state index contributed by atoms with van der Waals surface area (Å²) in [4.78, 5) is 0. The molecule has 0 aliphatic carbocycles. The van der Waals surface area contributed by atoms with Gasteiger partial charge in [0.05, 0.1) is 0 Å². The highest BCUT2D eigenvalue weighted by atomic mass is 28.5. The van der Waals surface area contributed by atoms with E-state index in [-0.39, 0.29) is 0 Å². The lowest BCUT2D eigenvalue weighted by atomic mass is 10.0. The Morgan fingerprint density at radius 1 is 0.327 bits per heavy atom. The van der Waals surface area contributed by atoms with E-state index in [4.69, 9.17) is 56.6 Å². The van der Waals surface area contributed by atoms with Crippen LogP contribution in [0.5, 0.6) is 0 Å². The van der Waals surface area contributed by atoms with Gasteiger partial charge < -0.3 is 50.0 Å². The van der Waals surface area contributed by atoms with Crippen molar-refractivity contribution < 1.29 is 50.0 Å². The van der Waals surface area contributed by atoms with Gasteiger partial charge in [-0.1, -0.05) is 197 Å². The first-order valence-electron chi connectivity index (χ1n) is 41.1. The normalized spacial score (nSPS) is 15.9. The van der Waals surface area contributed by atoms with Gasteiger partial charge in [-0.15, -0.1) is 0 Å². The number of hydrogen-bond donors (Lipinski definition) is 0. The highest BCUT2D eigenvalue weighted by Crippen LogP contribution is 2.42. The Hall–Kier alpha value is -0.0436. The predicted octanol–water partition coefficient (Wildman–Crippen LogP) is 25.6. The van der Waals surface area contributed by atoms with Crippen molar-refractivity contribution in [2.24, 2.45) is 0 Å². The molecule has 26 heteroatoms. The van der Waals surface area contributed by atoms with E-state index in [1.54, 1.807) is 0 Å². The second-order valence-corrected chi connectivity index (χ2v) is 91.8. The summed E-state index contributed by atoms with van der Waals surface area (Å²) in [7, 11) is -35.6. The van der Waals surface area contributed by atoms with Crippen molar-refractivity contribution in [2.45, 2.75) is 360 Å². The van der Waals surface area contributed by atoms with E-state index in [0.29, 0.717) is 31.0 Å². The number of allylic oxidation sites excluding steroid dienone is 1. The molecule has 0 N–H and O–H groups in total. The zero-order chi connectivity index (χ0) is 78.4. The van der Waals surface area contributed by atoms with Gasteiger partial charge in [-0.05, 0) is 265 Å². The van der Waals surface area contributed by atoms with Gasteiger partial charge >= 0.3 is 35.2 Å². The molecule has 0 aromatic heterocycles. The lowest BCUT2D eigenvalue weighted by Crippen LogP contribution is -2.63. The highest BCUT2D eigenvalue weighted by molar-refractivity contribution is 6.94. The minimum atomic E-state index is -3.75. The third kappa shape index (κ3) is 41.1. The van der Waals surface area contributed by atoms with Crippen molar-refractivity contribution in [3.8, 4) is 0 Å². The summed E-state index contributed by atoms with van der Waals surface area (Å²) < 4.78 is 91.5. The van der Waals surface area contributed by atoms with Crippen molar-refractivity contribution in [3.63, 3.8) is 0 Å². The molecule has 4 unspecified atom stereocenters. The molecule has 0 radical (unpaired) electrons. The lowest BCUT2D eigenvalue weighted by Gasteiger charge is -2.46. The average Bonchev–Trinajstić information content (AvgIpc) is 0.775. The fourth-order valence-corrected chi connectivity index (χ4v) is 70.3. The summed E-state index contributed by atoms with van der Waals surface area (Å²) in [5.74, 6) is 1.02. The molecule has 0 saturated heterocycles. The van der Waals surface area contributed by atoms with Crippen LogP contribution < -0.4 is 0 Å². The molecular formula is C78H160O12Si14. The van der Waals surface area contributed by atoms with Crippen molar-refractivity contribution in [2.75, 3.05) is 13.2 Å². The zero-order valence-corrected chi connectivity index (χ0v) is 86.7. The van der Waals surface area contributed by atoms with E-state index < -0.39 is 120 Å². The van der Waals surface area contributed by atoms with Crippen molar-refractivity contribution >= 4 is 120 Å². The van der Waals surface area contributed by atoms with Gasteiger partial charge in [-0.2, -0.15) is 0 Å². The van der Waals surface area contributed by atoms with E-state index in [0.717, 1.165) is 130 Å². The van der Waals surface area contributed by atoms with E-state index in [2.05, 4.69) is 277 Å². The second kappa shape index (κ2) is 45.2. The fourth-order valence-electron chi connectivity index (χ4n) is 14.3. The first-order chi connectivity index (χ1) is 48.1. The molecule has 0 aliphatic rings. The monoisotopic (exact) mass is 1680 g/mol. The maximum atomic E-state index is 8.26. The Morgan fingerprint density at radius 3 is 0.981 bits per heavy atom. The van der Waals surface area contributed by atoms with Crippen LogP contribution in [-0.2, 0) is 50.0 Å². The number of unbranched alkanes of at least 4 members (excludes halogenated alkanes) is 9. The Labute approximate surface area is 657 Å². The van der Waals surface area contributed by atoms with Gasteiger partial charge in [0, 0.05) is 31.3 Å². The molecule has 0 aliphatic heterocycles. The smallest absolute Gasteiger partial charge is 0.422 e. The van der Waals surface area contributed by atoms with Gasteiger partial charge in [-0.25, -0.2) is 0 Å². The molecule has 4 atom stereocenters. The average molecular weight is 1680 g/mol. The molecule has 600 valence electrons. The van der Waals surface area contributed by atoms with Crippen LogP contribution in [0.3, 0.4) is 0 Å². The largest absolute Gasteiger partial charge is 0.500 e. The fraction of sp³-hybridized carbons (Fsp3) is 0.744. The Morgan fingerprint density at radius 2 is 0.635 bits per heavy atom. The van der Waals surface area contributed by atoms with Crippen LogP contribution in [0.4, 0.5) is 0 Å². The first kappa shape index (κ1) is 98.2. The molecule has 104 heavy (non-hydrogen) atoms. The van der Waals surface area contributed by atoms with Gasteiger partial charge in [0.25, 0.3) is 0 Å². The molecule has 3 aromatic rings. The third-order valence-electron chi connectivity index (χ3n) is 18.7. The quantitative estimate of drug-likeness (QED) is 0.0396. The van der Waals surface area contributed by atoms with Crippen LogP contribution in [0.2, 0.25) is 198 Å². The van der Waals surface area contributed by atoms with Crippen molar-refractivity contribution in [1.82, 2.24) is 0 Å². The summed E-state index contributed by atoms with van der Waals surface area (Å²) in [5.41, 5.74) is 4.06. The third-order valence-corrected chi connectivity index (χ3v) is 67.1. The SMILES string of the molecule is C=C(CCCC)[Si](O[Si](C)(C)CCCCC[Si](OCCCCCC)(O[Si](C)(C)C)O[Si](C)(C)C)(O[Si](C)(C)CCC[Si](OCCCCCC)(O[Si](C)(C)C)O[Si](C)(C)C)O[Si](C)(C)CCC[Si](O[SiH2]CC(C)c1ccccc1)(O[Si](C)(C)CC(C)c1ccccc1)O[Si](C)(C)CC(C)c1ccccc1. The summed E-state index contributed by atoms with van der Waals surface area (Å²) in [6.07, 6.45) is 16.8. The Bertz CT molecular complexity index is 2730. The zero-order valence-electron chi connectivity index (χ0n) is 72.3. The first-order valence-corrected chi connectivity index (χ1v) is 79.4. The molecule has 3 aromatic carbocycles. The van der Waals surface area contributed by atoms with Gasteiger partial charge in [0.1, 0.15) is 0 Å². The van der Waals surface area contributed by atoms with E-state index in [9.17, 15) is 0 Å². The predicted molar refractivity (Wildman–Crippen MR) is 483 cm³/mol. The van der Waals surface area contributed by atoms with Crippen LogP contribution >= 0.6 is 0 Å². The molecule has 3 rings (SSSR count). The molecule has 0 bridgehead atoms. The number of hydrogen-bond acceptors (Lipinski definition) is 12. The maximum Gasteiger partial charge on any atom is 0.500 e. The van der Waals surface area contributed by atoms with Gasteiger partial charge in [-0.3, -0.25) is 0 Å². The summed E-state index contributed by atoms with van der Waals surface area (Å²) in [6.45, 7) is 72.2. The van der Waals surface area contributed by atoms with E-state index in [1.807, 2.05) is 0 Å². The Balaban J connectivity index is 2.27. The molecule has 0 saturated carbocycles. The van der Waals surface area contributed by atoms with Crippen molar-refractivity contribution in [3.05, 3.63) is 119 Å². The summed E-state index contributed by atoms with van der Waals surface area (Å²) >= 11 is 0. The molecule has 0 heterocycles. The van der Waals surface area contributed by atoms with Crippen LogP contribution in [0.1, 0.15) is 179 Å². The minimum absolute atomic E-state index is 0.326. The second-order valence-electron chi connectivity index (χ2n) is 37.5. The van der Waals surface area contributed by atoms with Crippen LogP contribution in [0, 0.1) is 0 Å². The van der Waals surface area contributed by atoms with Gasteiger partial charge in [0.15, 0.2) is 84.6 Å². The van der Waals surface area contributed by atoms with Crippen LogP contribution in [-0.4, -0.2) is 133 Å². The van der Waals surface area contributed by atoms with Gasteiger partial charge in [0.2, 0.25) is 0 Å². The maximum absolute atomic E-state index is 8.26. The molecule has 0 amide bonds. The van der Waals surface area contributed by atoms with E-state index in [1.165, 1.54) is 48.8 Å². The Kier molecular flexibility index (Phi) is 42.6. The summed E-state index contributed by atoms with van der Waals surface area (Å²) in [6, 6.07) is 41.1. The standard InChI is InChI=1S/C78H160O12Si14/c1-30-33-36-48-61-79-101(82-92(8,9)10,83-93(11,12)13)66-51-41-50-63-96(20,21)88-104(75(7)54-35-32-3,89-97(22,23)64-52-67-102(84-94(14,15)16,85-95(17,18)19)80-62-49-37-34-31-2)90-98(24,25)65-53-68-103(81-91-69-72(4)76-55-42-38-43-56-76,86-99(26,27)70-73(5)77-57-44-39-45-58-77)87-100(28,29)71-74(6)78-59-46-40-47-60-78/h38-40,42-47,55-60,72-74H,7,30-37,41,48-54,61-71,91H2,1-6,8-29H3. The summed E-state index contributed by atoms with van der Waals surface area (Å²) in [5, 5.41) is 1.04. The lowest BCUT2D eigenvalue weighted by molar-refractivity contribution is 0.154. The molecule has 0 spiro atoms. The molecular weight excluding hydrogens is 1520 g/mol. The number of rotatable bonds is 59. The van der Waals surface area contributed by atoms with Crippen LogP contribution in [0.15, 0.2) is 103 Å².